The molecule has 0 amide bonds. The molecular weight excluding hydrogens is 212 g/mol. The predicted molar refractivity (Wildman–Crippen MR) is 67.9 cm³/mol. The molecule has 0 saturated heterocycles. The molecule has 2 rings (SSSR count). The molecule has 86 valence electrons. The van der Waals surface area contributed by atoms with E-state index in [2.05, 4.69) is 31.2 Å². The molecule has 0 fully saturated rings. The molecule has 0 spiro atoms. The van der Waals surface area contributed by atoms with Crippen LogP contribution >= 0.6 is 0 Å². The van der Waals surface area contributed by atoms with E-state index in [4.69, 9.17) is 4.74 Å². The Kier molecular flexibility index (Phi) is 3.24. The summed E-state index contributed by atoms with van der Waals surface area (Å²) >= 11 is 0. The number of carbonyl (C=O) groups excluding carboxylic acids is 1. The Balaban J connectivity index is 2.23. The number of carbonyl (C=O) groups is 1. The van der Waals surface area contributed by atoms with E-state index in [0.717, 1.165) is 11.1 Å². The van der Waals surface area contributed by atoms with Crippen LogP contribution < -0.4 is 4.74 Å². The van der Waals surface area contributed by atoms with E-state index in [1.165, 1.54) is 12.5 Å². The maximum Gasteiger partial charge on any atom is 0.308 e. The van der Waals surface area contributed by atoms with E-state index in [-0.39, 0.29) is 5.97 Å². The zero-order chi connectivity index (χ0) is 12.3. The second kappa shape index (κ2) is 4.83. The highest BCUT2D eigenvalue weighted by molar-refractivity contribution is 5.70. The molecule has 0 aliphatic heterocycles. The SMILES string of the molecule is CC(=O)Oc1ccc(-c2ccc(C)cc2)cc1. The summed E-state index contributed by atoms with van der Waals surface area (Å²) in [5.74, 6) is 0.279. The molecule has 0 saturated carbocycles. The third kappa shape index (κ3) is 2.94. The van der Waals surface area contributed by atoms with Crippen LogP contribution in [0.5, 0.6) is 5.75 Å². The molecular formula is C15H14O2. The van der Waals surface area contributed by atoms with Crippen LogP contribution in [0.2, 0.25) is 0 Å². The van der Waals surface area contributed by atoms with Gasteiger partial charge >= 0.3 is 5.97 Å². The van der Waals surface area contributed by atoms with E-state index in [9.17, 15) is 4.79 Å². The van der Waals surface area contributed by atoms with Crippen LogP contribution in [0.4, 0.5) is 0 Å². The first-order valence-electron chi connectivity index (χ1n) is 5.51. The van der Waals surface area contributed by atoms with Gasteiger partial charge in [0.05, 0.1) is 0 Å². The lowest BCUT2D eigenvalue weighted by Crippen LogP contribution is -2.00. The van der Waals surface area contributed by atoms with Gasteiger partial charge in [0.2, 0.25) is 0 Å². The van der Waals surface area contributed by atoms with Gasteiger partial charge in [-0.15, -0.1) is 0 Å². The maximum atomic E-state index is 10.8. The average Bonchev–Trinajstić information content (AvgIpc) is 2.30. The van der Waals surface area contributed by atoms with Crippen molar-refractivity contribution >= 4 is 5.97 Å². The summed E-state index contributed by atoms with van der Waals surface area (Å²) in [5.41, 5.74) is 3.51. The van der Waals surface area contributed by atoms with E-state index in [1.807, 2.05) is 12.1 Å². The van der Waals surface area contributed by atoms with Crippen molar-refractivity contribution in [2.75, 3.05) is 0 Å². The van der Waals surface area contributed by atoms with Crippen LogP contribution in [-0.2, 0) is 4.79 Å². The molecule has 17 heavy (non-hydrogen) atoms. The molecule has 0 aromatic heterocycles. The second-order valence-corrected chi connectivity index (χ2v) is 3.98. The Morgan fingerprint density at radius 1 is 0.882 bits per heavy atom. The summed E-state index contributed by atoms with van der Waals surface area (Å²) in [6.45, 7) is 3.46. The molecule has 0 bridgehead atoms. The van der Waals surface area contributed by atoms with Crippen LogP contribution in [0.1, 0.15) is 12.5 Å². The highest BCUT2D eigenvalue weighted by atomic mass is 16.5. The summed E-state index contributed by atoms with van der Waals surface area (Å²) in [5, 5.41) is 0. The van der Waals surface area contributed by atoms with Gasteiger partial charge in [0.25, 0.3) is 0 Å². The number of rotatable bonds is 2. The van der Waals surface area contributed by atoms with Crippen LogP contribution in [-0.4, -0.2) is 5.97 Å². The second-order valence-electron chi connectivity index (χ2n) is 3.98. The highest BCUT2D eigenvalue weighted by Gasteiger charge is 2.00. The van der Waals surface area contributed by atoms with Crippen LogP contribution in [0, 0.1) is 6.92 Å². The normalized spacial score (nSPS) is 10.0. The monoisotopic (exact) mass is 226 g/mol. The fourth-order valence-corrected chi connectivity index (χ4v) is 1.63. The van der Waals surface area contributed by atoms with Gasteiger partial charge in [-0.1, -0.05) is 42.0 Å². The van der Waals surface area contributed by atoms with E-state index < -0.39 is 0 Å². The molecule has 0 heterocycles. The summed E-state index contributed by atoms with van der Waals surface area (Å²) in [6.07, 6.45) is 0. The lowest BCUT2D eigenvalue weighted by Gasteiger charge is -2.04. The van der Waals surface area contributed by atoms with Gasteiger partial charge in [-0.2, -0.15) is 0 Å². The van der Waals surface area contributed by atoms with Gasteiger partial charge in [0.1, 0.15) is 5.75 Å². The van der Waals surface area contributed by atoms with Gasteiger partial charge in [-0.3, -0.25) is 4.79 Å². The van der Waals surface area contributed by atoms with Gasteiger partial charge < -0.3 is 4.74 Å². The predicted octanol–water partition coefficient (Wildman–Crippen LogP) is 3.59. The maximum absolute atomic E-state index is 10.8. The Morgan fingerprint density at radius 3 is 1.82 bits per heavy atom. The summed E-state index contributed by atoms with van der Waals surface area (Å²) in [7, 11) is 0. The summed E-state index contributed by atoms with van der Waals surface area (Å²) in [6, 6.07) is 15.8. The minimum absolute atomic E-state index is 0.298. The zero-order valence-electron chi connectivity index (χ0n) is 9.94. The zero-order valence-corrected chi connectivity index (χ0v) is 9.94. The highest BCUT2D eigenvalue weighted by Crippen LogP contribution is 2.22. The first-order valence-corrected chi connectivity index (χ1v) is 5.51. The number of aryl methyl sites for hydroxylation is 1. The van der Waals surface area contributed by atoms with E-state index in [1.54, 1.807) is 12.1 Å². The van der Waals surface area contributed by atoms with Crippen LogP contribution in [0.15, 0.2) is 48.5 Å². The molecule has 0 N–H and O–H groups in total. The summed E-state index contributed by atoms with van der Waals surface area (Å²) in [4.78, 5) is 10.8. The minimum atomic E-state index is -0.298. The third-order valence-electron chi connectivity index (χ3n) is 2.50. The van der Waals surface area contributed by atoms with Crippen molar-refractivity contribution in [1.82, 2.24) is 0 Å². The fraction of sp³-hybridized carbons (Fsp3) is 0.133. The van der Waals surface area contributed by atoms with Gasteiger partial charge in [0, 0.05) is 6.92 Å². The quantitative estimate of drug-likeness (QED) is 0.578. The van der Waals surface area contributed by atoms with E-state index in [0.29, 0.717) is 5.75 Å². The van der Waals surface area contributed by atoms with Gasteiger partial charge in [0.15, 0.2) is 0 Å². The lowest BCUT2D eigenvalue weighted by atomic mass is 10.0. The lowest BCUT2D eigenvalue weighted by molar-refractivity contribution is -0.131. The number of esters is 1. The summed E-state index contributed by atoms with van der Waals surface area (Å²) < 4.78 is 4.99. The van der Waals surface area contributed by atoms with Crippen molar-refractivity contribution in [2.24, 2.45) is 0 Å². The standard InChI is InChI=1S/C15H14O2/c1-11-3-5-13(6-4-11)14-7-9-15(10-8-14)17-12(2)16/h3-10H,1-2H3. The van der Waals surface area contributed by atoms with E-state index >= 15 is 0 Å². The number of ether oxygens (including phenoxy) is 1. The van der Waals surface area contributed by atoms with Crippen molar-refractivity contribution in [1.29, 1.82) is 0 Å². The Morgan fingerprint density at radius 2 is 1.35 bits per heavy atom. The van der Waals surface area contributed by atoms with Crippen molar-refractivity contribution in [3.63, 3.8) is 0 Å². The minimum Gasteiger partial charge on any atom is -0.427 e. The molecule has 0 aliphatic rings. The largest absolute Gasteiger partial charge is 0.427 e. The van der Waals surface area contributed by atoms with Crippen molar-refractivity contribution in [3.8, 4) is 16.9 Å². The Hall–Kier alpha value is -2.09. The van der Waals surface area contributed by atoms with Crippen LogP contribution in [0.3, 0.4) is 0 Å². The third-order valence-corrected chi connectivity index (χ3v) is 2.50. The van der Waals surface area contributed by atoms with Crippen molar-refractivity contribution < 1.29 is 9.53 Å². The van der Waals surface area contributed by atoms with Gasteiger partial charge in [-0.25, -0.2) is 0 Å². The number of hydrogen-bond acceptors (Lipinski definition) is 2. The molecule has 0 aliphatic carbocycles. The van der Waals surface area contributed by atoms with Crippen LogP contribution in [0.25, 0.3) is 11.1 Å². The fourth-order valence-electron chi connectivity index (χ4n) is 1.63. The molecule has 0 unspecified atom stereocenters. The average molecular weight is 226 g/mol. The molecule has 2 aromatic rings. The van der Waals surface area contributed by atoms with Gasteiger partial charge in [-0.05, 0) is 30.2 Å². The van der Waals surface area contributed by atoms with Crippen molar-refractivity contribution in [3.05, 3.63) is 54.1 Å². The number of hydrogen-bond donors (Lipinski definition) is 0. The first kappa shape index (κ1) is 11.4. The molecule has 0 radical (unpaired) electrons. The molecule has 2 heteroatoms. The Labute approximate surface area is 101 Å². The number of benzene rings is 2. The molecule has 2 nitrogen and oxygen atoms in total. The smallest absolute Gasteiger partial charge is 0.308 e. The molecule has 0 atom stereocenters. The topological polar surface area (TPSA) is 26.3 Å². The Bertz CT molecular complexity index is 510. The van der Waals surface area contributed by atoms with Crippen molar-refractivity contribution in [2.45, 2.75) is 13.8 Å². The molecule has 2 aromatic carbocycles. The first-order chi connectivity index (χ1) is 8.15.